The molecule has 7 heteroatoms. The van der Waals surface area contributed by atoms with Gasteiger partial charge in [-0.25, -0.2) is 0 Å². The van der Waals surface area contributed by atoms with Gasteiger partial charge in [-0.2, -0.15) is 0 Å². The minimum atomic E-state index is -0.720. The Bertz CT molecular complexity index is 536. The lowest BCUT2D eigenvalue weighted by molar-refractivity contribution is -0.142. The van der Waals surface area contributed by atoms with E-state index in [-0.39, 0.29) is 12.5 Å². The highest BCUT2D eigenvalue weighted by atomic mass is 35.5. The van der Waals surface area contributed by atoms with Gasteiger partial charge in [0.05, 0.1) is 10.0 Å². The lowest BCUT2D eigenvalue weighted by Crippen LogP contribution is -2.38. The van der Waals surface area contributed by atoms with Crippen molar-refractivity contribution in [2.24, 2.45) is 5.92 Å². The number of nitrogens with zero attached hydrogens (tertiary/aromatic N) is 1. The lowest BCUT2D eigenvalue weighted by Gasteiger charge is -2.15. The summed E-state index contributed by atoms with van der Waals surface area (Å²) in [4.78, 5) is 25.2. The van der Waals surface area contributed by atoms with Crippen molar-refractivity contribution in [2.75, 3.05) is 25.0 Å². The molecule has 0 aromatic heterocycles. The van der Waals surface area contributed by atoms with Gasteiger partial charge in [0.1, 0.15) is 0 Å². The maximum Gasteiger partial charge on any atom is 0.313 e. The lowest BCUT2D eigenvalue weighted by atomic mass is 10.1. The molecule has 1 aliphatic rings. The third kappa shape index (κ3) is 3.42. The van der Waals surface area contributed by atoms with E-state index in [1.54, 1.807) is 12.1 Å². The number of rotatable bonds is 2. The second-order valence-electron chi connectivity index (χ2n) is 4.67. The number of likely N-dealkylation sites (tertiary alicyclic amines) is 1. The highest BCUT2D eigenvalue weighted by Gasteiger charge is 2.29. The van der Waals surface area contributed by atoms with E-state index >= 15 is 0 Å². The first-order valence-electron chi connectivity index (χ1n) is 6.17. The molecule has 2 N–H and O–H groups in total. The van der Waals surface area contributed by atoms with Gasteiger partial charge in [0.25, 0.3) is 0 Å². The summed E-state index contributed by atoms with van der Waals surface area (Å²) in [7, 11) is 0. The normalized spacial score (nSPS) is 18.1. The molecule has 1 unspecified atom stereocenters. The van der Waals surface area contributed by atoms with Crippen molar-refractivity contribution < 1.29 is 14.7 Å². The topological polar surface area (TPSA) is 69.6 Å². The Morgan fingerprint density at radius 2 is 2.10 bits per heavy atom. The number of aliphatic hydroxyl groups is 1. The van der Waals surface area contributed by atoms with E-state index in [1.807, 2.05) is 0 Å². The van der Waals surface area contributed by atoms with E-state index in [0.717, 1.165) is 0 Å². The number of anilines is 1. The molecule has 0 bridgehead atoms. The Hall–Kier alpha value is -1.30. The zero-order chi connectivity index (χ0) is 14.7. The van der Waals surface area contributed by atoms with Crippen molar-refractivity contribution in [1.82, 2.24) is 4.90 Å². The van der Waals surface area contributed by atoms with Gasteiger partial charge in [0.2, 0.25) is 0 Å². The average molecular weight is 317 g/mol. The molecular weight excluding hydrogens is 303 g/mol. The largest absolute Gasteiger partial charge is 0.396 e. The van der Waals surface area contributed by atoms with Crippen molar-refractivity contribution in [3.05, 3.63) is 28.2 Å². The van der Waals surface area contributed by atoms with Crippen molar-refractivity contribution >= 4 is 40.7 Å². The van der Waals surface area contributed by atoms with Crippen LogP contribution in [0.4, 0.5) is 5.69 Å². The van der Waals surface area contributed by atoms with Crippen LogP contribution in [-0.4, -0.2) is 41.5 Å². The first kappa shape index (κ1) is 15.1. The molecule has 0 saturated carbocycles. The van der Waals surface area contributed by atoms with Crippen molar-refractivity contribution in [3.63, 3.8) is 0 Å². The number of carbonyl (C=O) groups is 2. The average Bonchev–Trinajstić information content (AvgIpc) is 2.91. The van der Waals surface area contributed by atoms with Gasteiger partial charge in [-0.15, -0.1) is 0 Å². The maximum absolute atomic E-state index is 11.9. The fraction of sp³-hybridized carbons (Fsp3) is 0.385. The van der Waals surface area contributed by atoms with Crippen LogP contribution in [0.25, 0.3) is 0 Å². The molecule has 1 saturated heterocycles. The number of amides is 2. The van der Waals surface area contributed by atoms with E-state index in [4.69, 9.17) is 28.3 Å². The van der Waals surface area contributed by atoms with Crippen LogP contribution in [0.3, 0.4) is 0 Å². The summed E-state index contributed by atoms with van der Waals surface area (Å²) in [5.41, 5.74) is 0.413. The summed E-state index contributed by atoms with van der Waals surface area (Å²) in [5, 5.41) is 12.2. The van der Waals surface area contributed by atoms with E-state index in [9.17, 15) is 9.59 Å². The molecule has 1 aromatic carbocycles. The summed E-state index contributed by atoms with van der Waals surface area (Å²) >= 11 is 11.6. The highest BCUT2D eigenvalue weighted by molar-refractivity contribution is 6.42. The summed E-state index contributed by atoms with van der Waals surface area (Å²) in [6.07, 6.45) is 0.711. The molecule has 2 rings (SSSR count). The Morgan fingerprint density at radius 1 is 1.35 bits per heavy atom. The third-order valence-corrected chi connectivity index (χ3v) is 3.94. The zero-order valence-corrected chi connectivity index (χ0v) is 12.1. The van der Waals surface area contributed by atoms with Crippen LogP contribution in [0.1, 0.15) is 6.42 Å². The summed E-state index contributed by atoms with van der Waals surface area (Å²) in [5.74, 6) is -1.27. The number of benzene rings is 1. The first-order chi connectivity index (χ1) is 9.51. The second kappa shape index (κ2) is 6.43. The maximum atomic E-state index is 11.9. The van der Waals surface area contributed by atoms with E-state index in [0.29, 0.717) is 35.2 Å². The van der Waals surface area contributed by atoms with Crippen LogP contribution in [-0.2, 0) is 9.59 Å². The quantitative estimate of drug-likeness (QED) is 0.817. The number of nitrogens with one attached hydrogen (secondary N) is 1. The fourth-order valence-electron chi connectivity index (χ4n) is 2.07. The van der Waals surface area contributed by atoms with Crippen LogP contribution in [0.5, 0.6) is 0 Å². The fourth-order valence-corrected chi connectivity index (χ4v) is 2.37. The van der Waals surface area contributed by atoms with Crippen LogP contribution in [0, 0.1) is 5.92 Å². The molecule has 1 heterocycles. The first-order valence-corrected chi connectivity index (χ1v) is 6.93. The van der Waals surface area contributed by atoms with Gasteiger partial charge in [0.15, 0.2) is 0 Å². The molecule has 1 aromatic rings. The summed E-state index contributed by atoms with van der Waals surface area (Å²) in [6, 6.07) is 4.59. The molecule has 108 valence electrons. The predicted molar refractivity (Wildman–Crippen MR) is 76.9 cm³/mol. The monoisotopic (exact) mass is 316 g/mol. The van der Waals surface area contributed by atoms with E-state index in [1.165, 1.54) is 11.0 Å². The third-order valence-electron chi connectivity index (χ3n) is 3.20. The number of hydrogen-bond donors (Lipinski definition) is 2. The number of hydrogen-bond acceptors (Lipinski definition) is 3. The number of carbonyl (C=O) groups excluding carboxylic acids is 2. The van der Waals surface area contributed by atoms with Gasteiger partial charge in [-0.05, 0) is 24.6 Å². The van der Waals surface area contributed by atoms with Gasteiger partial charge in [-0.3, -0.25) is 9.59 Å². The summed E-state index contributed by atoms with van der Waals surface area (Å²) < 4.78 is 0. The van der Waals surface area contributed by atoms with Crippen LogP contribution in [0.2, 0.25) is 10.0 Å². The Kier molecular flexibility index (Phi) is 4.86. The number of aliphatic hydroxyl groups excluding tert-OH is 1. The Labute approximate surface area is 126 Å². The van der Waals surface area contributed by atoms with Gasteiger partial charge >= 0.3 is 11.8 Å². The molecule has 5 nitrogen and oxygen atoms in total. The molecular formula is C13H14Cl2N2O3. The Morgan fingerprint density at radius 3 is 2.70 bits per heavy atom. The molecule has 2 amide bonds. The molecule has 1 aliphatic heterocycles. The Balaban J connectivity index is 1.97. The van der Waals surface area contributed by atoms with Crippen LogP contribution in [0.15, 0.2) is 18.2 Å². The van der Waals surface area contributed by atoms with Crippen LogP contribution >= 0.6 is 23.2 Å². The van der Waals surface area contributed by atoms with E-state index in [2.05, 4.69) is 5.32 Å². The SMILES string of the molecule is O=C(Nc1ccc(Cl)c(Cl)c1)C(=O)N1CCC(CO)C1. The second-order valence-corrected chi connectivity index (χ2v) is 5.49. The molecule has 1 atom stereocenters. The summed E-state index contributed by atoms with van der Waals surface area (Å²) in [6.45, 7) is 0.918. The van der Waals surface area contributed by atoms with E-state index < -0.39 is 11.8 Å². The van der Waals surface area contributed by atoms with Crippen molar-refractivity contribution in [2.45, 2.75) is 6.42 Å². The van der Waals surface area contributed by atoms with Gasteiger partial charge in [0, 0.05) is 31.3 Å². The molecule has 20 heavy (non-hydrogen) atoms. The van der Waals surface area contributed by atoms with Crippen molar-refractivity contribution in [1.29, 1.82) is 0 Å². The standard InChI is InChI=1S/C13H14Cl2N2O3/c14-10-2-1-9(5-11(10)15)16-12(19)13(20)17-4-3-8(6-17)7-18/h1-2,5,8,18H,3-4,6-7H2,(H,16,19). The molecule has 0 spiro atoms. The van der Waals surface area contributed by atoms with Gasteiger partial charge < -0.3 is 15.3 Å². The molecule has 0 aliphatic carbocycles. The highest BCUT2D eigenvalue weighted by Crippen LogP contribution is 2.25. The zero-order valence-electron chi connectivity index (χ0n) is 10.6. The minimum Gasteiger partial charge on any atom is -0.396 e. The van der Waals surface area contributed by atoms with Crippen LogP contribution < -0.4 is 5.32 Å². The predicted octanol–water partition coefficient (Wildman–Crippen LogP) is 1.77. The smallest absolute Gasteiger partial charge is 0.313 e. The van der Waals surface area contributed by atoms with Gasteiger partial charge in [-0.1, -0.05) is 23.2 Å². The molecule has 0 radical (unpaired) electrons. The number of halogens is 2. The molecule has 1 fully saturated rings. The van der Waals surface area contributed by atoms with Crippen molar-refractivity contribution in [3.8, 4) is 0 Å². The minimum absolute atomic E-state index is 0.0260.